The third kappa shape index (κ3) is 36.8. The molecular weight excluding hydrogens is 543 g/mol. The topological polar surface area (TPSA) is 181 Å². The molecule has 11 heteroatoms. The highest BCUT2D eigenvalue weighted by atomic mass is 31.2. The van der Waals surface area contributed by atoms with Crippen molar-refractivity contribution in [1.29, 1.82) is 5.41 Å². The summed E-state index contributed by atoms with van der Waals surface area (Å²) in [6.45, 7) is 5.62. The van der Waals surface area contributed by atoms with Crippen molar-refractivity contribution in [3.05, 3.63) is 0 Å². The second-order valence-electron chi connectivity index (χ2n) is 10.9. The zero-order valence-corrected chi connectivity index (χ0v) is 27.3. The van der Waals surface area contributed by atoms with E-state index < -0.39 is 19.8 Å². The maximum atomic E-state index is 11.8. The van der Waals surface area contributed by atoms with Crippen LogP contribution in [0.1, 0.15) is 155 Å². The molecule has 41 heavy (non-hydrogen) atoms. The lowest BCUT2D eigenvalue weighted by Crippen LogP contribution is -2.34. The lowest BCUT2D eigenvalue weighted by Gasteiger charge is -2.12. The van der Waals surface area contributed by atoms with E-state index >= 15 is 0 Å². The van der Waals surface area contributed by atoms with E-state index in [9.17, 15) is 14.3 Å². The first-order valence-corrected chi connectivity index (χ1v) is 17.8. The number of carboxylic acid groups (broad SMARTS) is 1. The van der Waals surface area contributed by atoms with Crippen molar-refractivity contribution in [2.45, 2.75) is 161 Å². The number of hydrogen-bond acceptors (Lipinski definition) is 6. The Balaban J connectivity index is 0. The summed E-state index contributed by atoms with van der Waals surface area (Å²) in [6, 6.07) is -0.821. The first-order chi connectivity index (χ1) is 19.7. The van der Waals surface area contributed by atoms with Gasteiger partial charge in [0.1, 0.15) is 6.04 Å². The molecule has 0 aliphatic rings. The van der Waals surface area contributed by atoms with Crippen molar-refractivity contribution in [3.63, 3.8) is 0 Å². The van der Waals surface area contributed by atoms with Crippen LogP contribution in [0.3, 0.4) is 0 Å². The van der Waals surface area contributed by atoms with Crippen molar-refractivity contribution >= 4 is 19.8 Å². The maximum absolute atomic E-state index is 11.8. The Labute approximate surface area is 251 Å². The Hall–Kier alpha value is -1.19. The summed E-state index contributed by atoms with van der Waals surface area (Å²) in [4.78, 5) is 19.9. The molecule has 246 valence electrons. The van der Waals surface area contributed by atoms with Crippen LogP contribution in [-0.2, 0) is 18.4 Å². The van der Waals surface area contributed by atoms with Gasteiger partial charge in [-0.2, -0.15) is 0 Å². The van der Waals surface area contributed by atoms with Crippen LogP contribution in [0.5, 0.6) is 0 Å². The van der Waals surface area contributed by atoms with Crippen LogP contribution >= 0.6 is 7.82 Å². The third-order valence-corrected chi connectivity index (χ3v) is 7.85. The largest absolute Gasteiger partial charge is 0.480 e. The van der Waals surface area contributed by atoms with Crippen LogP contribution in [0.25, 0.3) is 0 Å². The number of nitrogens with one attached hydrogen (secondary N) is 2. The summed E-state index contributed by atoms with van der Waals surface area (Å²) < 4.78 is 22.0. The van der Waals surface area contributed by atoms with E-state index in [1.165, 1.54) is 103 Å². The van der Waals surface area contributed by atoms with E-state index in [-0.39, 0.29) is 5.96 Å². The molecular formula is C30H65N4O6P. The Morgan fingerprint density at radius 2 is 1.07 bits per heavy atom. The highest BCUT2D eigenvalue weighted by Gasteiger charge is 2.19. The average molecular weight is 609 g/mol. The maximum Gasteiger partial charge on any atom is 0.472 e. The molecule has 0 aromatic carbocycles. The molecule has 0 fully saturated rings. The number of nitrogens with two attached hydrogens (primary N) is 2. The predicted octanol–water partition coefficient (Wildman–Crippen LogP) is 7.62. The number of guanidine groups is 1. The van der Waals surface area contributed by atoms with Gasteiger partial charge >= 0.3 is 13.8 Å². The second kappa shape index (κ2) is 31.7. The highest BCUT2D eigenvalue weighted by molar-refractivity contribution is 7.47. The Bertz CT molecular complexity index is 612. The Morgan fingerprint density at radius 3 is 1.39 bits per heavy atom. The summed E-state index contributed by atoms with van der Waals surface area (Å²) in [6.07, 6.45) is 25.8. The fourth-order valence-corrected chi connectivity index (χ4v) is 5.04. The molecule has 0 bridgehead atoms. The van der Waals surface area contributed by atoms with Gasteiger partial charge in [0.25, 0.3) is 0 Å². The van der Waals surface area contributed by atoms with Crippen LogP contribution in [0.2, 0.25) is 0 Å². The smallest absolute Gasteiger partial charge is 0.472 e. The highest BCUT2D eigenvalue weighted by Crippen LogP contribution is 2.43. The van der Waals surface area contributed by atoms with Gasteiger partial charge in [0, 0.05) is 6.54 Å². The summed E-state index contributed by atoms with van der Waals surface area (Å²) in [5.41, 5.74) is 10.2. The van der Waals surface area contributed by atoms with Crippen LogP contribution in [0.15, 0.2) is 0 Å². The Morgan fingerprint density at radius 1 is 0.732 bits per heavy atom. The van der Waals surface area contributed by atoms with E-state index in [0.717, 1.165) is 25.7 Å². The minimum atomic E-state index is -3.85. The summed E-state index contributed by atoms with van der Waals surface area (Å²) in [5, 5.41) is 17.7. The molecule has 0 aliphatic carbocycles. The standard InChI is InChI=1S/C24H51O4P.C6H14N4O2/c1-3-5-7-9-11-13-15-17-19-21-23-27-29(25,26)28-24-22-20-18-16-14-12-10-8-6-4-2;7-4(5(11)12)2-1-3-10-6(8)9/h3-24H2,1-2H3,(H,25,26);4H,1-3,7H2,(H,11,12)(H4,8,9,10). The molecule has 1 unspecified atom stereocenters. The number of unbranched alkanes of at least 4 members (excludes halogenated alkanes) is 18. The normalized spacial score (nSPS) is 12.0. The molecule has 1 atom stereocenters. The predicted molar refractivity (Wildman–Crippen MR) is 170 cm³/mol. The minimum absolute atomic E-state index is 0.112. The van der Waals surface area contributed by atoms with Crippen molar-refractivity contribution in [2.24, 2.45) is 11.5 Å². The molecule has 0 spiro atoms. The zero-order chi connectivity index (χ0) is 31.0. The second-order valence-corrected chi connectivity index (χ2v) is 12.4. The first kappa shape index (κ1) is 41.9. The van der Waals surface area contributed by atoms with Gasteiger partial charge in [0.2, 0.25) is 0 Å². The van der Waals surface area contributed by atoms with Crippen LogP contribution in [0, 0.1) is 5.41 Å². The lowest BCUT2D eigenvalue weighted by atomic mass is 10.1. The monoisotopic (exact) mass is 608 g/mol. The van der Waals surface area contributed by atoms with Gasteiger partial charge in [-0.05, 0) is 25.7 Å². The van der Waals surface area contributed by atoms with Crippen LogP contribution in [-0.4, -0.2) is 47.7 Å². The van der Waals surface area contributed by atoms with Crippen molar-refractivity contribution < 1.29 is 28.4 Å². The fourth-order valence-electron chi connectivity index (χ4n) is 4.24. The van der Waals surface area contributed by atoms with E-state index in [2.05, 4.69) is 19.2 Å². The van der Waals surface area contributed by atoms with Crippen molar-refractivity contribution in [2.75, 3.05) is 19.8 Å². The van der Waals surface area contributed by atoms with Gasteiger partial charge in [0.15, 0.2) is 5.96 Å². The number of carboxylic acids is 1. The molecule has 10 nitrogen and oxygen atoms in total. The first-order valence-electron chi connectivity index (χ1n) is 16.3. The van der Waals surface area contributed by atoms with Gasteiger partial charge in [-0.25, -0.2) is 4.57 Å². The number of rotatable bonds is 29. The average Bonchev–Trinajstić information content (AvgIpc) is 2.92. The molecule has 0 rings (SSSR count). The Kier molecular flexibility index (Phi) is 32.5. The molecule has 0 saturated carbocycles. The number of aliphatic carboxylic acids is 1. The van der Waals surface area contributed by atoms with Gasteiger partial charge in [-0.1, -0.05) is 129 Å². The summed E-state index contributed by atoms with van der Waals surface area (Å²) in [7, 11) is -3.85. The molecule has 0 aromatic heterocycles. The fraction of sp³-hybridized carbons (Fsp3) is 0.933. The molecule has 0 aliphatic heterocycles. The molecule has 8 N–H and O–H groups in total. The quantitative estimate of drug-likeness (QED) is 0.0215. The van der Waals surface area contributed by atoms with Crippen LogP contribution < -0.4 is 16.8 Å². The van der Waals surface area contributed by atoms with Gasteiger partial charge in [-0.3, -0.25) is 19.3 Å². The van der Waals surface area contributed by atoms with Crippen molar-refractivity contribution in [3.8, 4) is 0 Å². The number of hydrogen-bond donors (Lipinski definition) is 6. The molecule has 0 aromatic rings. The zero-order valence-electron chi connectivity index (χ0n) is 26.4. The van der Waals surface area contributed by atoms with E-state index in [1.807, 2.05) is 0 Å². The van der Waals surface area contributed by atoms with E-state index in [4.69, 9.17) is 31.0 Å². The number of phosphoric acid groups is 1. The van der Waals surface area contributed by atoms with Gasteiger partial charge in [-0.15, -0.1) is 0 Å². The van der Waals surface area contributed by atoms with Gasteiger partial charge < -0.3 is 26.8 Å². The molecule has 0 heterocycles. The van der Waals surface area contributed by atoms with Crippen molar-refractivity contribution in [1.82, 2.24) is 5.32 Å². The third-order valence-electron chi connectivity index (χ3n) is 6.83. The number of phosphoric ester groups is 1. The molecule has 0 saturated heterocycles. The SMILES string of the molecule is CCCCCCCCCCCCOP(=O)(O)OCCCCCCCCCCCC.N=C(N)NCCCC(N)C(=O)O. The van der Waals surface area contributed by atoms with E-state index in [0.29, 0.717) is 32.6 Å². The minimum Gasteiger partial charge on any atom is -0.480 e. The molecule has 0 amide bonds. The van der Waals surface area contributed by atoms with Crippen LogP contribution in [0.4, 0.5) is 0 Å². The summed E-state index contributed by atoms with van der Waals surface area (Å²) in [5.74, 6) is -1.11. The lowest BCUT2D eigenvalue weighted by molar-refractivity contribution is -0.138. The number of carbonyl (C=O) groups is 1. The van der Waals surface area contributed by atoms with E-state index in [1.54, 1.807) is 0 Å². The summed E-state index contributed by atoms with van der Waals surface area (Å²) >= 11 is 0. The van der Waals surface area contributed by atoms with Gasteiger partial charge in [0.05, 0.1) is 13.2 Å². The molecule has 0 radical (unpaired) electrons.